The third kappa shape index (κ3) is 4.38. The average Bonchev–Trinajstić information content (AvgIpc) is 3.26. The van der Waals surface area contributed by atoms with Gasteiger partial charge in [0, 0.05) is 28.1 Å². The van der Waals surface area contributed by atoms with Gasteiger partial charge in [-0.05, 0) is 67.8 Å². The molecule has 0 spiro atoms. The van der Waals surface area contributed by atoms with Gasteiger partial charge in [-0.2, -0.15) is 5.26 Å². The van der Waals surface area contributed by atoms with Crippen molar-refractivity contribution in [3.8, 4) is 17.4 Å². The lowest BCUT2D eigenvalue weighted by Crippen LogP contribution is -2.27. The lowest BCUT2D eigenvalue weighted by atomic mass is 9.78. The molecule has 2 aromatic heterocycles. The topological polar surface area (TPSA) is 99.2 Å². The first-order valence-electron chi connectivity index (χ1n) is 9.74. The van der Waals surface area contributed by atoms with E-state index in [1.165, 1.54) is 0 Å². The van der Waals surface area contributed by atoms with Gasteiger partial charge in [0.1, 0.15) is 5.76 Å². The minimum atomic E-state index is -0.503. The highest BCUT2D eigenvalue weighted by Gasteiger charge is 2.31. The number of aromatic nitrogens is 1. The van der Waals surface area contributed by atoms with Crippen LogP contribution in [0.5, 0.6) is 0 Å². The fraction of sp³-hybridized carbons (Fsp3) is 0.261. The number of hydrogen-bond acceptors (Lipinski definition) is 5. The van der Waals surface area contributed by atoms with E-state index in [1.807, 2.05) is 12.1 Å². The van der Waals surface area contributed by atoms with Gasteiger partial charge in [0.05, 0.1) is 24.1 Å². The van der Waals surface area contributed by atoms with Crippen LogP contribution < -0.4 is 5.32 Å². The Bertz CT molecular complexity index is 1070. The van der Waals surface area contributed by atoms with Crippen LogP contribution in [0.4, 0.5) is 5.69 Å². The summed E-state index contributed by atoms with van der Waals surface area (Å²) in [6.07, 6.45) is 2.95. The van der Waals surface area contributed by atoms with E-state index in [-0.39, 0.29) is 23.5 Å². The van der Waals surface area contributed by atoms with Gasteiger partial charge in [-0.25, -0.2) is 0 Å². The summed E-state index contributed by atoms with van der Waals surface area (Å²) in [4.78, 5) is 16.9. The second kappa shape index (κ2) is 8.70. The first-order chi connectivity index (χ1) is 14.5. The Balaban J connectivity index is 1.43. The monoisotopic (exact) mass is 421 g/mol. The van der Waals surface area contributed by atoms with Crippen molar-refractivity contribution in [1.29, 1.82) is 5.26 Å². The SMILES string of the molecule is N#CC1CCC(O)C(c2ccc(NC(=O)c3ccc(-c4ccc(Cl)cc4)o3)cn2)C1. The number of nitrogens with one attached hydrogen (secondary N) is 1. The lowest BCUT2D eigenvalue weighted by molar-refractivity contribution is 0.0928. The summed E-state index contributed by atoms with van der Waals surface area (Å²) in [6.45, 7) is 0. The average molecular weight is 422 g/mol. The van der Waals surface area contributed by atoms with Gasteiger partial charge in [0.25, 0.3) is 5.91 Å². The van der Waals surface area contributed by atoms with Gasteiger partial charge >= 0.3 is 0 Å². The Morgan fingerprint density at radius 1 is 1.17 bits per heavy atom. The van der Waals surface area contributed by atoms with E-state index in [0.29, 0.717) is 35.7 Å². The summed E-state index contributed by atoms with van der Waals surface area (Å²) in [5.41, 5.74) is 2.07. The normalized spacial score (nSPS) is 21.0. The molecule has 6 nitrogen and oxygen atoms in total. The first-order valence-corrected chi connectivity index (χ1v) is 10.1. The van der Waals surface area contributed by atoms with Gasteiger partial charge < -0.3 is 14.8 Å². The van der Waals surface area contributed by atoms with E-state index >= 15 is 0 Å². The van der Waals surface area contributed by atoms with Crippen LogP contribution in [0.15, 0.2) is 59.1 Å². The van der Waals surface area contributed by atoms with Gasteiger partial charge in [-0.1, -0.05) is 11.6 Å². The molecule has 0 aliphatic heterocycles. The number of pyridine rings is 1. The fourth-order valence-corrected chi connectivity index (χ4v) is 3.84. The molecule has 1 aromatic carbocycles. The molecular formula is C23H20ClN3O3. The van der Waals surface area contributed by atoms with Crippen LogP contribution in [0.3, 0.4) is 0 Å². The van der Waals surface area contributed by atoms with Gasteiger partial charge in [0.2, 0.25) is 0 Å². The Morgan fingerprint density at radius 2 is 1.97 bits per heavy atom. The minimum Gasteiger partial charge on any atom is -0.451 e. The zero-order chi connectivity index (χ0) is 21.1. The molecule has 3 atom stereocenters. The number of carbonyl (C=O) groups excluding carboxylic acids is 1. The van der Waals surface area contributed by atoms with E-state index in [0.717, 1.165) is 11.3 Å². The summed E-state index contributed by atoms with van der Waals surface area (Å²) in [7, 11) is 0. The zero-order valence-corrected chi connectivity index (χ0v) is 16.8. The number of rotatable bonds is 4. The van der Waals surface area contributed by atoms with Crippen LogP contribution in [0.2, 0.25) is 5.02 Å². The smallest absolute Gasteiger partial charge is 0.291 e. The van der Waals surface area contributed by atoms with E-state index < -0.39 is 6.10 Å². The highest BCUT2D eigenvalue weighted by molar-refractivity contribution is 6.30. The molecule has 1 saturated carbocycles. The van der Waals surface area contributed by atoms with Crippen LogP contribution in [0, 0.1) is 17.2 Å². The molecule has 3 aromatic rings. The van der Waals surface area contributed by atoms with Crippen LogP contribution in [0.25, 0.3) is 11.3 Å². The Hall–Kier alpha value is -3.14. The molecule has 0 bridgehead atoms. The van der Waals surface area contributed by atoms with Crippen LogP contribution >= 0.6 is 11.6 Å². The second-order valence-corrected chi connectivity index (χ2v) is 7.85. The van der Waals surface area contributed by atoms with Crippen molar-refractivity contribution in [2.24, 2.45) is 5.92 Å². The fourth-order valence-electron chi connectivity index (χ4n) is 3.71. The molecule has 3 unspecified atom stereocenters. The molecular weight excluding hydrogens is 402 g/mol. The number of halogens is 1. The Morgan fingerprint density at radius 3 is 2.67 bits per heavy atom. The van der Waals surface area contributed by atoms with Crippen molar-refractivity contribution < 1.29 is 14.3 Å². The number of nitriles is 1. The summed E-state index contributed by atoms with van der Waals surface area (Å²) < 4.78 is 5.66. The maximum Gasteiger partial charge on any atom is 0.291 e. The molecule has 4 rings (SSSR count). The predicted octanol–water partition coefficient (Wildman–Crippen LogP) is 5.02. The molecule has 30 heavy (non-hydrogen) atoms. The molecule has 152 valence electrons. The highest BCUT2D eigenvalue weighted by Crippen LogP contribution is 2.35. The number of aliphatic hydroxyl groups is 1. The third-order valence-electron chi connectivity index (χ3n) is 5.38. The van der Waals surface area contributed by atoms with E-state index in [9.17, 15) is 9.90 Å². The van der Waals surface area contributed by atoms with Gasteiger partial charge in [0.15, 0.2) is 5.76 Å². The number of benzene rings is 1. The van der Waals surface area contributed by atoms with E-state index in [1.54, 1.807) is 42.6 Å². The number of furan rings is 1. The van der Waals surface area contributed by atoms with Crippen LogP contribution in [-0.2, 0) is 0 Å². The summed E-state index contributed by atoms with van der Waals surface area (Å²) >= 11 is 5.90. The highest BCUT2D eigenvalue weighted by atomic mass is 35.5. The number of hydrogen-bond donors (Lipinski definition) is 2. The first kappa shape index (κ1) is 20.1. The van der Waals surface area contributed by atoms with Gasteiger partial charge in [-0.15, -0.1) is 0 Å². The number of nitrogens with zero attached hydrogens (tertiary/aromatic N) is 2. The molecule has 1 fully saturated rings. The molecule has 1 amide bonds. The molecule has 0 saturated heterocycles. The summed E-state index contributed by atoms with van der Waals surface area (Å²) in [6, 6.07) is 16.3. The van der Waals surface area contributed by atoms with Crippen molar-refractivity contribution in [2.45, 2.75) is 31.3 Å². The van der Waals surface area contributed by atoms with Crippen molar-refractivity contribution in [1.82, 2.24) is 4.98 Å². The Kier molecular flexibility index (Phi) is 5.84. The third-order valence-corrected chi connectivity index (χ3v) is 5.63. The van der Waals surface area contributed by atoms with Crippen LogP contribution in [-0.4, -0.2) is 22.1 Å². The molecule has 1 aliphatic carbocycles. The minimum absolute atomic E-state index is 0.0617. The standard InChI is InChI=1S/C23H20ClN3O3/c24-16-4-2-15(3-5-16)21-9-10-22(30-21)23(29)27-17-6-7-19(26-13-17)18-11-14(12-25)1-8-20(18)28/h2-7,9-10,13-14,18,20,28H,1,8,11H2,(H,27,29). The molecule has 7 heteroatoms. The number of carbonyl (C=O) groups is 1. The molecule has 2 heterocycles. The van der Waals surface area contributed by atoms with Crippen molar-refractivity contribution >= 4 is 23.2 Å². The largest absolute Gasteiger partial charge is 0.451 e. The predicted molar refractivity (Wildman–Crippen MR) is 113 cm³/mol. The second-order valence-electron chi connectivity index (χ2n) is 7.41. The summed E-state index contributed by atoms with van der Waals surface area (Å²) in [5, 5.41) is 22.8. The maximum absolute atomic E-state index is 12.5. The molecule has 2 N–H and O–H groups in total. The number of amides is 1. The molecule has 0 radical (unpaired) electrons. The molecule has 1 aliphatic rings. The number of aliphatic hydroxyl groups excluding tert-OH is 1. The maximum atomic E-state index is 12.5. The number of anilines is 1. The lowest BCUT2D eigenvalue weighted by Gasteiger charge is -2.29. The Labute approximate surface area is 179 Å². The van der Waals surface area contributed by atoms with E-state index in [2.05, 4.69) is 16.4 Å². The zero-order valence-electron chi connectivity index (χ0n) is 16.1. The quantitative estimate of drug-likeness (QED) is 0.616. The van der Waals surface area contributed by atoms with Crippen molar-refractivity contribution in [3.05, 3.63) is 71.2 Å². The van der Waals surface area contributed by atoms with Crippen LogP contribution in [0.1, 0.15) is 41.4 Å². The summed E-state index contributed by atoms with van der Waals surface area (Å²) in [5.74, 6) is 0.146. The van der Waals surface area contributed by atoms with Crippen molar-refractivity contribution in [3.63, 3.8) is 0 Å². The van der Waals surface area contributed by atoms with Crippen molar-refractivity contribution in [2.75, 3.05) is 5.32 Å². The van der Waals surface area contributed by atoms with Gasteiger partial charge in [-0.3, -0.25) is 9.78 Å². The van der Waals surface area contributed by atoms with E-state index in [4.69, 9.17) is 21.3 Å².